The van der Waals surface area contributed by atoms with Gasteiger partial charge in [-0.15, -0.1) is 0 Å². The number of halogens is 2. The predicted molar refractivity (Wildman–Crippen MR) is 185 cm³/mol. The van der Waals surface area contributed by atoms with E-state index in [-0.39, 0.29) is 11.5 Å². The van der Waals surface area contributed by atoms with E-state index < -0.39 is 35.3 Å². The molecule has 1 atom stereocenters. The van der Waals surface area contributed by atoms with Crippen LogP contribution in [-0.4, -0.2) is 65.0 Å². The number of hydrogen-bond donors (Lipinski definition) is 2. The first-order valence-corrected chi connectivity index (χ1v) is 17.9. The average molecular weight is 681 g/mol. The van der Waals surface area contributed by atoms with Crippen molar-refractivity contribution < 1.29 is 33.0 Å². The average Bonchev–Trinajstić information content (AvgIpc) is 3.04. The Kier molecular flexibility index (Phi) is 11.6. The van der Waals surface area contributed by atoms with Crippen LogP contribution in [0.5, 0.6) is 0 Å². The van der Waals surface area contributed by atoms with Crippen molar-refractivity contribution in [2.45, 2.75) is 83.8 Å². The summed E-state index contributed by atoms with van der Waals surface area (Å²) in [4.78, 5) is 27.8. The molecule has 7 nitrogen and oxygen atoms in total. The molecule has 1 unspecified atom stereocenters. The van der Waals surface area contributed by atoms with Gasteiger partial charge in [-0.3, -0.25) is 9.69 Å². The number of hydrogen-bond acceptors (Lipinski definition) is 6. The highest BCUT2D eigenvalue weighted by Crippen LogP contribution is 2.41. The molecule has 1 heterocycles. The number of carboxylic acid groups (broad SMARTS) is 1. The van der Waals surface area contributed by atoms with Crippen LogP contribution < -0.4 is 5.32 Å². The van der Waals surface area contributed by atoms with Crippen molar-refractivity contribution in [3.8, 4) is 11.1 Å². The third kappa shape index (κ3) is 9.02. The second-order valence-corrected chi connectivity index (χ2v) is 14.9. The van der Waals surface area contributed by atoms with Crippen molar-refractivity contribution in [3.05, 3.63) is 94.6 Å². The Labute approximate surface area is 286 Å². The molecule has 2 N–H and O–H groups in total. The van der Waals surface area contributed by atoms with Crippen LogP contribution in [-0.2, 0) is 27.4 Å². The summed E-state index contributed by atoms with van der Waals surface area (Å²) in [6.07, 6.45) is 5.22. The summed E-state index contributed by atoms with van der Waals surface area (Å²) in [6.45, 7) is 8.30. The van der Waals surface area contributed by atoms with E-state index in [1.54, 1.807) is 6.07 Å². The van der Waals surface area contributed by atoms with Gasteiger partial charge in [0.05, 0.1) is 13.2 Å². The topological polar surface area (TPSA) is 88.1 Å². The van der Waals surface area contributed by atoms with E-state index in [2.05, 4.69) is 24.1 Å². The van der Waals surface area contributed by atoms with Crippen molar-refractivity contribution in [2.24, 2.45) is 5.41 Å². The number of thioether (sulfide) groups is 1. The van der Waals surface area contributed by atoms with Crippen LogP contribution >= 0.6 is 11.8 Å². The molecule has 10 heteroatoms. The molecule has 1 amide bonds. The molecule has 1 spiro atoms. The molecular formula is C38H46F2N2O5S. The van der Waals surface area contributed by atoms with Crippen LogP contribution in [0, 0.1) is 24.0 Å². The lowest BCUT2D eigenvalue weighted by atomic mass is 9.86. The van der Waals surface area contributed by atoms with E-state index in [1.807, 2.05) is 49.6 Å². The van der Waals surface area contributed by atoms with Gasteiger partial charge in [-0.05, 0) is 90.3 Å². The highest BCUT2D eigenvalue weighted by Gasteiger charge is 2.44. The summed E-state index contributed by atoms with van der Waals surface area (Å²) >= 11 is 1.52. The number of aryl methyl sites for hydroxylation is 1. The summed E-state index contributed by atoms with van der Waals surface area (Å²) in [6, 6.07) is 16.1. The van der Waals surface area contributed by atoms with E-state index >= 15 is 0 Å². The number of carboxylic acids is 1. The molecule has 3 aromatic carbocycles. The van der Waals surface area contributed by atoms with Gasteiger partial charge in [-0.25, -0.2) is 13.6 Å². The smallest absolute Gasteiger partial charge is 0.326 e. The monoisotopic (exact) mass is 680 g/mol. The molecule has 258 valence electrons. The van der Waals surface area contributed by atoms with Crippen molar-refractivity contribution >= 4 is 23.6 Å². The maximum absolute atomic E-state index is 14.3. The van der Waals surface area contributed by atoms with Gasteiger partial charge >= 0.3 is 5.97 Å². The van der Waals surface area contributed by atoms with Crippen LogP contribution in [0.3, 0.4) is 0 Å². The Bertz CT molecular complexity index is 1580. The number of ether oxygens (including phenoxy) is 2. The number of benzene rings is 3. The standard InChI is InChI=1S/C38H46F2N2O5S/c1-25-7-5-6-8-31(25)33-19-26(9-10-32(33)35(43)41-34(36(44)45)13-16-48-4)21-42(22-27-17-28(39)20-29(40)18-27)30-11-14-38(15-12-30)46-23-37(2,3)24-47-38/h5-10,17-20,30,34H,11-16,21-24H2,1-4H3,(H,41,43)(H,44,45). The predicted octanol–water partition coefficient (Wildman–Crippen LogP) is 7.59. The van der Waals surface area contributed by atoms with Gasteiger partial charge in [0.1, 0.15) is 17.7 Å². The lowest BCUT2D eigenvalue weighted by Gasteiger charge is -2.48. The molecule has 48 heavy (non-hydrogen) atoms. The van der Waals surface area contributed by atoms with Gasteiger partial charge in [-0.2, -0.15) is 11.8 Å². The maximum atomic E-state index is 14.3. The Morgan fingerprint density at radius 3 is 2.23 bits per heavy atom. The molecule has 1 saturated heterocycles. The molecule has 1 aliphatic heterocycles. The number of aliphatic carboxylic acids is 1. The summed E-state index contributed by atoms with van der Waals surface area (Å²) in [5.41, 5.74) is 4.36. The molecule has 1 saturated carbocycles. The zero-order chi connectivity index (χ0) is 34.5. The highest BCUT2D eigenvalue weighted by molar-refractivity contribution is 7.98. The highest BCUT2D eigenvalue weighted by atomic mass is 32.2. The molecule has 0 radical (unpaired) electrons. The van der Waals surface area contributed by atoms with Crippen LogP contribution in [0.1, 0.15) is 73.0 Å². The minimum absolute atomic E-state index is 0.0312. The lowest BCUT2D eigenvalue weighted by Crippen LogP contribution is -2.51. The second kappa shape index (κ2) is 15.5. The van der Waals surface area contributed by atoms with Crippen LogP contribution in [0.15, 0.2) is 60.7 Å². The number of carbonyl (C=O) groups excluding carboxylic acids is 1. The molecule has 5 rings (SSSR count). The normalized spacial score (nSPS) is 18.1. The zero-order valence-corrected chi connectivity index (χ0v) is 29.0. The van der Waals surface area contributed by atoms with Crippen molar-refractivity contribution in [2.75, 3.05) is 25.2 Å². The number of nitrogens with one attached hydrogen (secondary N) is 1. The van der Waals surface area contributed by atoms with E-state index in [0.29, 0.717) is 55.2 Å². The SMILES string of the molecule is CSCCC(NC(=O)c1ccc(CN(Cc2cc(F)cc(F)c2)C2CCC3(CC2)OCC(C)(C)CO3)cc1-c1ccccc1C)C(=O)O. The summed E-state index contributed by atoms with van der Waals surface area (Å²) in [5.74, 6) is -2.75. The number of amides is 1. The molecule has 2 fully saturated rings. The Morgan fingerprint density at radius 2 is 1.60 bits per heavy atom. The molecule has 0 bridgehead atoms. The van der Waals surface area contributed by atoms with E-state index in [1.165, 1.54) is 23.9 Å². The number of nitrogens with zero attached hydrogens (tertiary/aromatic N) is 1. The van der Waals surface area contributed by atoms with Gasteiger partial charge in [0.25, 0.3) is 5.91 Å². The van der Waals surface area contributed by atoms with Crippen molar-refractivity contribution in [1.82, 2.24) is 10.2 Å². The van der Waals surface area contributed by atoms with Gasteiger partial charge < -0.3 is 19.9 Å². The third-order valence-corrected chi connectivity index (χ3v) is 10.0. The van der Waals surface area contributed by atoms with Crippen molar-refractivity contribution in [1.29, 1.82) is 0 Å². The minimum Gasteiger partial charge on any atom is -0.480 e. The van der Waals surface area contributed by atoms with Crippen molar-refractivity contribution in [3.63, 3.8) is 0 Å². The lowest BCUT2D eigenvalue weighted by molar-refractivity contribution is -0.312. The first-order valence-electron chi connectivity index (χ1n) is 16.6. The van der Waals surface area contributed by atoms with Crippen LogP contribution in [0.4, 0.5) is 8.78 Å². The van der Waals surface area contributed by atoms with Gasteiger partial charge in [0, 0.05) is 49.0 Å². The van der Waals surface area contributed by atoms with E-state index in [0.717, 1.165) is 48.4 Å². The number of rotatable bonds is 12. The zero-order valence-electron chi connectivity index (χ0n) is 28.2. The first kappa shape index (κ1) is 36.0. The van der Waals surface area contributed by atoms with Crippen LogP contribution in [0.2, 0.25) is 0 Å². The Balaban J connectivity index is 1.44. The third-order valence-electron chi connectivity index (χ3n) is 9.36. The van der Waals surface area contributed by atoms with Gasteiger partial charge in [0.15, 0.2) is 5.79 Å². The maximum Gasteiger partial charge on any atom is 0.326 e. The quantitative estimate of drug-likeness (QED) is 0.204. The minimum atomic E-state index is -1.07. The fraction of sp³-hybridized carbons (Fsp3) is 0.474. The molecule has 3 aromatic rings. The molecule has 2 aliphatic rings. The van der Waals surface area contributed by atoms with E-state index in [4.69, 9.17) is 9.47 Å². The summed E-state index contributed by atoms with van der Waals surface area (Å²) in [7, 11) is 0. The fourth-order valence-electron chi connectivity index (χ4n) is 6.63. The van der Waals surface area contributed by atoms with E-state index in [9.17, 15) is 23.5 Å². The summed E-state index contributed by atoms with van der Waals surface area (Å²) in [5, 5.41) is 12.5. The first-order chi connectivity index (χ1) is 22.9. The molecule has 0 aromatic heterocycles. The van der Waals surface area contributed by atoms with Gasteiger partial charge in [-0.1, -0.05) is 44.2 Å². The largest absolute Gasteiger partial charge is 0.480 e. The fourth-order valence-corrected chi connectivity index (χ4v) is 7.10. The summed E-state index contributed by atoms with van der Waals surface area (Å²) < 4.78 is 41.1. The van der Waals surface area contributed by atoms with Gasteiger partial charge in [0.2, 0.25) is 0 Å². The Morgan fingerprint density at radius 1 is 0.958 bits per heavy atom. The molecule has 1 aliphatic carbocycles. The Hall–Kier alpha value is -3.31. The van der Waals surface area contributed by atoms with Crippen LogP contribution in [0.25, 0.3) is 11.1 Å². The number of carbonyl (C=O) groups is 2. The second-order valence-electron chi connectivity index (χ2n) is 13.9. The molecular weight excluding hydrogens is 634 g/mol.